The van der Waals surface area contributed by atoms with E-state index in [2.05, 4.69) is 10.3 Å². The summed E-state index contributed by atoms with van der Waals surface area (Å²) >= 11 is 0. The van der Waals surface area contributed by atoms with Crippen LogP contribution in [0.1, 0.15) is 33.6 Å². The van der Waals surface area contributed by atoms with Crippen LogP contribution in [0.15, 0.2) is 23.2 Å². The Labute approximate surface area is 140 Å². The quantitative estimate of drug-likeness (QED) is 0.677. The Morgan fingerprint density at radius 2 is 2.04 bits per heavy atom. The lowest BCUT2D eigenvalue weighted by Gasteiger charge is -2.34. The number of isocyanates is 1. The number of nitrogens with zero attached hydrogens (tertiary/aromatic N) is 2. The largest absolute Gasteiger partial charge is 0.444 e. The average Bonchev–Trinajstić information content (AvgIpc) is 2.49. The fraction of sp³-hybridized carbons (Fsp3) is 0.529. The molecule has 0 radical (unpaired) electrons. The molecule has 1 aliphatic rings. The number of amides is 1. The zero-order chi connectivity index (χ0) is 17.7. The van der Waals surface area contributed by atoms with Crippen LogP contribution in [0.25, 0.3) is 0 Å². The Balaban J connectivity index is 1.94. The number of anilines is 1. The Bertz CT molecular complexity index is 643. The molecule has 130 valence electrons. The van der Waals surface area contributed by atoms with Crippen molar-refractivity contribution in [3.8, 4) is 0 Å². The van der Waals surface area contributed by atoms with E-state index in [0.29, 0.717) is 18.8 Å². The van der Waals surface area contributed by atoms with Crippen molar-refractivity contribution in [1.82, 2.24) is 4.90 Å². The molecule has 1 heterocycles. The summed E-state index contributed by atoms with van der Waals surface area (Å²) in [5.41, 5.74) is 0.289. The maximum atomic E-state index is 13.2. The first kappa shape index (κ1) is 17.9. The van der Waals surface area contributed by atoms with E-state index in [1.54, 1.807) is 11.0 Å². The molecule has 1 saturated heterocycles. The van der Waals surface area contributed by atoms with E-state index in [-0.39, 0.29) is 17.8 Å². The number of aliphatic imine (C=N–C) groups is 1. The lowest BCUT2D eigenvalue weighted by atomic mass is 10.0. The van der Waals surface area contributed by atoms with Gasteiger partial charge in [0, 0.05) is 25.2 Å². The lowest BCUT2D eigenvalue weighted by molar-refractivity contribution is 0.0210. The van der Waals surface area contributed by atoms with Crippen molar-refractivity contribution in [2.24, 2.45) is 4.99 Å². The van der Waals surface area contributed by atoms with Crippen LogP contribution in [0.5, 0.6) is 0 Å². The number of nitrogens with one attached hydrogen (secondary N) is 1. The van der Waals surface area contributed by atoms with Gasteiger partial charge in [-0.2, -0.15) is 4.99 Å². The highest BCUT2D eigenvalue weighted by molar-refractivity contribution is 5.69. The van der Waals surface area contributed by atoms with E-state index in [1.165, 1.54) is 18.2 Å². The normalized spacial score (nSPS) is 15.6. The molecule has 0 spiro atoms. The minimum Gasteiger partial charge on any atom is -0.444 e. The molecular formula is C17H22FN3O3. The highest BCUT2D eigenvalue weighted by Crippen LogP contribution is 2.28. The van der Waals surface area contributed by atoms with Crippen molar-refractivity contribution < 1.29 is 18.7 Å². The van der Waals surface area contributed by atoms with Crippen LogP contribution in [-0.4, -0.2) is 41.8 Å². The van der Waals surface area contributed by atoms with Gasteiger partial charge in [-0.25, -0.2) is 14.0 Å². The second kappa shape index (κ2) is 7.45. The van der Waals surface area contributed by atoms with Crippen molar-refractivity contribution >= 4 is 23.5 Å². The van der Waals surface area contributed by atoms with Crippen LogP contribution < -0.4 is 5.32 Å². The minimum absolute atomic E-state index is 0.106. The summed E-state index contributed by atoms with van der Waals surface area (Å²) < 4.78 is 18.6. The van der Waals surface area contributed by atoms with Gasteiger partial charge in [-0.05, 0) is 45.7 Å². The van der Waals surface area contributed by atoms with Crippen LogP contribution in [0.2, 0.25) is 0 Å². The number of piperidine rings is 1. The molecular weight excluding hydrogens is 313 g/mol. The van der Waals surface area contributed by atoms with Crippen molar-refractivity contribution in [3.05, 3.63) is 24.0 Å². The predicted octanol–water partition coefficient (Wildman–Crippen LogP) is 3.60. The average molecular weight is 335 g/mol. The van der Waals surface area contributed by atoms with E-state index in [4.69, 9.17) is 4.74 Å². The third-order valence-corrected chi connectivity index (χ3v) is 3.63. The number of carbonyl (C=O) groups is 1. The molecule has 0 aromatic heterocycles. The second-order valence-electron chi connectivity index (χ2n) is 6.75. The van der Waals surface area contributed by atoms with Gasteiger partial charge in [-0.15, -0.1) is 0 Å². The first-order valence-corrected chi connectivity index (χ1v) is 7.90. The number of hydrogen-bond acceptors (Lipinski definition) is 5. The summed E-state index contributed by atoms with van der Waals surface area (Å²) in [5.74, 6) is -0.464. The number of hydrogen-bond donors (Lipinski definition) is 1. The molecule has 0 atom stereocenters. The van der Waals surface area contributed by atoms with Crippen molar-refractivity contribution in [3.63, 3.8) is 0 Å². The SMILES string of the molecule is CC(C)(C)OC(=O)N1CCC(Nc2ccc(F)cc2N=C=O)CC1. The van der Waals surface area contributed by atoms with E-state index >= 15 is 0 Å². The smallest absolute Gasteiger partial charge is 0.410 e. The van der Waals surface area contributed by atoms with Gasteiger partial charge in [-0.3, -0.25) is 0 Å². The van der Waals surface area contributed by atoms with Crippen LogP contribution >= 0.6 is 0 Å². The monoisotopic (exact) mass is 335 g/mol. The molecule has 1 fully saturated rings. The summed E-state index contributed by atoms with van der Waals surface area (Å²) in [6, 6.07) is 4.14. The Kier molecular flexibility index (Phi) is 5.57. The standard InChI is InChI=1S/C17H22FN3O3/c1-17(2,3)24-16(23)21-8-6-13(7-9-21)20-14-5-4-12(18)10-15(14)19-11-22/h4-5,10,13,20H,6-9H2,1-3H3. The van der Waals surface area contributed by atoms with Gasteiger partial charge in [0.25, 0.3) is 0 Å². The number of rotatable bonds is 3. The molecule has 24 heavy (non-hydrogen) atoms. The van der Waals surface area contributed by atoms with Crippen molar-refractivity contribution in [2.75, 3.05) is 18.4 Å². The van der Waals surface area contributed by atoms with Crippen molar-refractivity contribution in [2.45, 2.75) is 45.3 Å². The molecule has 0 unspecified atom stereocenters. The third-order valence-electron chi connectivity index (χ3n) is 3.63. The van der Waals surface area contributed by atoms with E-state index in [1.807, 2.05) is 20.8 Å². The van der Waals surface area contributed by atoms with Gasteiger partial charge in [-0.1, -0.05) is 0 Å². The van der Waals surface area contributed by atoms with Gasteiger partial charge in [0.05, 0.1) is 5.69 Å². The van der Waals surface area contributed by atoms with Crippen molar-refractivity contribution in [1.29, 1.82) is 0 Å². The fourth-order valence-corrected chi connectivity index (χ4v) is 2.52. The van der Waals surface area contributed by atoms with E-state index in [0.717, 1.165) is 12.8 Å². The van der Waals surface area contributed by atoms with E-state index in [9.17, 15) is 14.0 Å². The molecule has 1 aliphatic heterocycles. The molecule has 1 aromatic rings. The first-order chi connectivity index (χ1) is 11.3. The highest BCUT2D eigenvalue weighted by Gasteiger charge is 2.27. The third kappa shape index (κ3) is 5.06. The maximum Gasteiger partial charge on any atom is 0.410 e. The van der Waals surface area contributed by atoms with Gasteiger partial charge in [0.1, 0.15) is 17.1 Å². The molecule has 1 amide bonds. The zero-order valence-corrected chi connectivity index (χ0v) is 14.1. The minimum atomic E-state index is -0.512. The number of benzene rings is 1. The first-order valence-electron chi connectivity index (χ1n) is 7.90. The van der Waals surface area contributed by atoms with Crippen LogP contribution in [0.3, 0.4) is 0 Å². The van der Waals surface area contributed by atoms with E-state index < -0.39 is 11.4 Å². The molecule has 2 rings (SSSR count). The summed E-state index contributed by atoms with van der Waals surface area (Å²) in [5, 5.41) is 3.25. The number of ether oxygens (including phenoxy) is 1. The summed E-state index contributed by atoms with van der Waals surface area (Å²) in [6.45, 7) is 6.65. The zero-order valence-electron chi connectivity index (χ0n) is 14.1. The van der Waals surface area contributed by atoms with Crippen LogP contribution in [0.4, 0.5) is 20.6 Å². The van der Waals surface area contributed by atoms with Gasteiger partial charge >= 0.3 is 6.09 Å². The summed E-state index contributed by atoms with van der Waals surface area (Å²) in [4.78, 5) is 27.7. The molecule has 1 N–H and O–H groups in total. The maximum absolute atomic E-state index is 13.2. The molecule has 7 heteroatoms. The number of halogens is 1. The van der Waals surface area contributed by atoms with Crippen LogP contribution in [0, 0.1) is 5.82 Å². The van der Waals surface area contributed by atoms with Gasteiger partial charge < -0.3 is 15.0 Å². The molecule has 0 saturated carbocycles. The molecule has 0 bridgehead atoms. The Morgan fingerprint density at radius 1 is 1.38 bits per heavy atom. The molecule has 6 nitrogen and oxygen atoms in total. The highest BCUT2D eigenvalue weighted by atomic mass is 19.1. The number of likely N-dealkylation sites (tertiary alicyclic amines) is 1. The van der Waals surface area contributed by atoms with Crippen LogP contribution in [-0.2, 0) is 9.53 Å². The Morgan fingerprint density at radius 3 is 2.62 bits per heavy atom. The number of carbonyl (C=O) groups excluding carboxylic acids is 2. The lowest BCUT2D eigenvalue weighted by Crippen LogP contribution is -2.44. The summed E-state index contributed by atoms with van der Waals surface area (Å²) in [7, 11) is 0. The van der Waals surface area contributed by atoms with Gasteiger partial charge in [0.15, 0.2) is 0 Å². The summed E-state index contributed by atoms with van der Waals surface area (Å²) in [6.07, 6.45) is 2.57. The predicted molar refractivity (Wildman–Crippen MR) is 88.6 cm³/mol. The second-order valence-corrected chi connectivity index (χ2v) is 6.75. The van der Waals surface area contributed by atoms with Gasteiger partial charge in [0.2, 0.25) is 6.08 Å². The molecule has 0 aliphatic carbocycles. The fourth-order valence-electron chi connectivity index (χ4n) is 2.52. The topological polar surface area (TPSA) is 71.0 Å². The molecule has 1 aromatic carbocycles. The Hall–Kier alpha value is -2.40.